The molecule has 2 atom stereocenters. The molecule has 0 spiro atoms. The van der Waals surface area contributed by atoms with Gasteiger partial charge in [0.15, 0.2) is 0 Å². The Morgan fingerprint density at radius 2 is 1.68 bits per heavy atom. The second kappa shape index (κ2) is 15.0. The largest absolute Gasteiger partial charge is 0.469 e. The van der Waals surface area contributed by atoms with Crippen LogP contribution in [0.2, 0.25) is 0 Å². The van der Waals surface area contributed by atoms with E-state index in [-0.39, 0.29) is 5.97 Å². The molecule has 4 heteroatoms. The zero-order valence-electron chi connectivity index (χ0n) is 14.3. The summed E-state index contributed by atoms with van der Waals surface area (Å²) in [4.78, 5) is 10.9. The van der Waals surface area contributed by atoms with E-state index in [1.165, 1.54) is 7.11 Å². The highest BCUT2D eigenvalue weighted by molar-refractivity contribution is 5.68. The number of allylic oxidation sites excluding steroid dienone is 1. The number of esters is 1. The van der Waals surface area contributed by atoms with Crippen molar-refractivity contribution in [1.82, 2.24) is 0 Å². The number of carbonyl (C=O) groups excluding carboxylic acids is 1. The van der Waals surface area contributed by atoms with Gasteiger partial charge in [0, 0.05) is 6.42 Å². The fourth-order valence-electron chi connectivity index (χ4n) is 2.28. The Labute approximate surface area is 135 Å². The molecule has 4 nitrogen and oxygen atoms in total. The molecular weight excluding hydrogens is 280 g/mol. The van der Waals surface area contributed by atoms with Crippen LogP contribution < -0.4 is 0 Å². The van der Waals surface area contributed by atoms with Crippen LogP contribution in [0.3, 0.4) is 0 Å². The van der Waals surface area contributed by atoms with Crippen LogP contribution in [0.4, 0.5) is 0 Å². The third-order valence-corrected chi connectivity index (χ3v) is 3.82. The Morgan fingerprint density at radius 1 is 1.00 bits per heavy atom. The minimum atomic E-state index is -0.638. The first-order valence-electron chi connectivity index (χ1n) is 8.69. The van der Waals surface area contributed by atoms with Gasteiger partial charge in [-0.2, -0.15) is 0 Å². The number of ether oxygens (including phenoxy) is 1. The minimum Gasteiger partial charge on any atom is -0.469 e. The predicted octanol–water partition coefficient (Wildman–Crippen LogP) is 3.75. The maximum atomic E-state index is 10.9. The maximum absolute atomic E-state index is 10.9. The van der Waals surface area contributed by atoms with Crippen LogP contribution in [-0.4, -0.2) is 35.5 Å². The second-order valence-electron chi connectivity index (χ2n) is 5.87. The van der Waals surface area contributed by atoms with E-state index >= 15 is 0 Å². The van der Waals surface area contributed by atoms with Gasteiger partial charge in [0.25, 0.3) is 0 Å². The van der Waals surface area contributed by atoms with Crippen molar-refractivity contribution in [1.29, 1.82) is 0 Å². The van der Waals surface area contributed by atoms with Crippen molar-refractivity contribution in [2.75, 3.05) is 7.11 Å². The van der Waals surface area contributed by atoms with Gasteiger partial charge in [0.2, 0.25) is 0 Å². The number of rotatable bonds is 14. The van der Waals surface area contributed by atoms with Crippen molar-refractivity contribution in [3.63, 3.8) is 0 Å². The quantitative estimate of drug-likeness (QED) is 0.291. The van der Waals surface area contributed by atoms with Crippen LogP contribution in [0.1, 0.15) is 77.6 Å². The molecule has 0 aliphatic rings. The standard InChI is InChI=1S/C18H34O4/c1-3-4-13-16(19)17(20)14-11-9-7-5-6-8-10-12-15-18(21)22-2/h9,11,16-17,19-20H,3-8,10,12-15H2,1-2H3/b11-9+/t16-,17+/m0/s1. The van der Waals surface area contributed by atoms with Crippen LogP contribution >= 0.6 is 0 Å². The highest BCUT2D eigenvalue weighted by atomic mass is 16.5. The SMILES string of the molecule is CCCC[C@H](O)[C@H](O)C/C=C/CCCCCCCC(=O)OC. The Bertz CT molecular complexity index is 289. The maximum Gasteiger partial charge on any atom is 0.305 e. The number of hydrogen-bond acceptors (Lipinski definition) is 4. The molecule has 0 saturated carbocycles. The fourth-order valence-corrected chi connectivity index (χ4v) is 2.28. The lowest BCUT2D eigenvalue weighted by Crippen LogP contribution is -2.24. The summed E-state index contributed by atoms with van der Waals surface area (Å²) in [5, 5.41) is 19.5. The molecule has 0 aromatic rings. The average molecular weight is 314 g/mol. The highest BCUT2D eigenvalue weighted by Crippen LogP contribution is 2.10. The molecule has 22 heavy (non-hydrogen) atoms. The number of methoxy groups -OCH3 is 1. The van der Waals surface area contributed by atoms with Crippen LogP contribution in [0.25, 0.3) is 0 Å². The van der Waals surface area contributed by atoms with Gasteiger partial charge in [-0.25, -0.2) is 0 Å². The van der Waals surface area contributed by atoms with E-state index in [2.05, 4.69) is 17.7 Å². The van der Waals surface area contributed by atoms with Gasteiger partial charge in [-0.1, -0.05) is 51.2 Å². The van der Waals surface area contributed by atoms with Crippen LogP contribution in [0.5, 0.6) is 0 Å². The van der Waals surface area contributed by atoms with Gasteiger partial charge in [-0.3, -0.25) is 4.79 Å². The zero-order chi connectivity index (χ0) is 16.6. The molecule has 0 bridgehead atoms. The van der Waals surface area contributed by atoms with E-state index in [9.17, 15) is 15.0 Å². The minimum absolute atomic E-state index is 0.123. The molecule has 2 N–H and O–H groups in total. The van der Waals surface area contributed by atoms with Gasteiger partial charge in [-0.15, -0.1) is 0 Å². The number of carbonyl (C=O) groups is 1. The van der Waals surface area contributed by atoms with E-state index in [0.29, 0.717) is 19.3 Å². The Balaban J connectivity index is 3.42. The monoisotopic (exact) mass is 314 g/mol. The highest BCUT2D eigenvalue weighted by Gasteiger charge is 2.13. The van der Waals surface area contributed by atoms with Crippen molar-refractivity contribution in [3.8, 4) is 0 Å². The van der Waals surface area contributed by atoms with Crippen LogP contribution in [0.15, 0.2) is 12.2 Å². The number of unbranched alkanes of at least 4 members (excludes halogenated alkanes) is 6. The Hall–Kier alpha value is -0.870. The number of hydrogen-bond donors (Lipinski definition) is 2. The predicted molar refractivity (Wildman–Crippen MR) is 89.6 cm³/mol. The smallest absolute Gasteiger partial charge is 0.305 e. The lowest BCUT2D eigenvalue weighted by atomic mass is 10.0. The number of aliphatic hydroxyl groups is 2. The summed E-state index contributed by atoms with van der Waals surface area (Å²) in [5.41, 5.74) is 0. The topological polar surface area (TPSA) is 66.8 Å². The third-order valence-electron chi connectivity index (χ3n) is 3.82. The summed E-state index contributed by atoms with van der Waals surface area (Å²) < 4.78 is 4.59. The summed E-state index contributed by atoms with van der Waals surface area (Å²) in [6.45, 7) is 2.08. The van der Waals surface area contributed by atoms with Gasteiger partial charge in [0.05, 0.1) is 19.3 Å². The summed E-state index contributed by atoms with van der Waals surface area (Å²) in [6, 6.07) is 0. The first-order chi connectivity index (χ1) is 10.6. The average Bonchev–Trinajstić information content (AvgIpc) is 2.53. The lowest BCUT2D eigenvalue weighted by Gasteiger charge is -2.15. The van der Waals surface area contributed by atoms with E-state index in [1.807, 2.05) is 6.08 Å². The molecule has 0 unspecified atom stereocenters. The molecule has 0 aliphatic heterocycles. The van der Waals surface area contributed by atoms with Crippen LogP contribution in [0, 0.1) is 0 Å². The Morgan fingerprint density at radius 3 is 2.36 bits per heavy atom. The molecule has 0 aromatic heterocycles. The third kappa shape index (κ3) is 12.8. The molecule has 0 aromatic carbocycles. The molecule has 0 amide bonds. The lowest BCUT2D eigenvalue weighted by molar-refractivity contribution is -0.140. The summed E-state index contributed by atoms with van der Waals surface area (Å²) in [5.74, 6) is -0.123. The molecule has 0 aliphatic carbocycles. The van der Waals surface area contributed by atoms with E-state index in [4.69, 9.17) is 0 Å². The number of aliphatic hydroxyl groups excluding tert-OH is 2. The summed E-state index contributed by atoms with van der Waals surface area (Å²) in [7, 11) is 1.43. The van der Waals surface area contributed by atoms with Gasteiger partial charge in [0.1, 0.15) is 0 Å². The molecule has 0 radical (unpaired) electrons. The van der Waals surface area contributed by atoms with Gasteiger partial charge in [-0.05, 0) is 32.1 Å². The van der Waals surface area contributed by atoms with Crippen LogP contribution in [-0.2, 0) is 9.53 Å². The van der Waals surface area contributed by atoms with Gasteiger partial charge < -0.3 is 14.9 Å². The first kappa shape index (κ1) is 21.1. The van der Waals surface area contributed by atoms with Crippen molar-refractivity contribution < 1.29 is 19.7 Å². The zero-order valence-corrected chi connectivity index (χ0v) is 14.3. The first-order valence-corrected chi connectivity index (χ1v) is 8.69. The van der Waals surface area contributed by atoms with E-state index in [0.717, 1.165) is 51.4 Å². The van der Waals surface area contributed by atoms with Crippen molar-refractivity contribution in [3.05, 3.63) is 12.2 Å². The van der Waals surface area contributed by atoms with E-state index < -0.39 is 12.2 Å². The normalized spacial score (nSPS) is 14.2. The molecule has 0 heterocycles. The molecule has 0 rings (SSSR count). The van der Waals surface area contributed by atoms with Crippen molar-refractivity contribution >= 4 is 5.97 Å². The second-order valence-corrected chi connectivity index (χ2v) is 5.87. The van der Waals surface area contributed by atoms with Crippen molar-refractivity contribution in [2.45, 2.75) is 89.8 Å². The summed E-state index contributed by atoms with van der Waals surface area (Å²) in [6.07, 6.45) is 13.0. The Kier molecular flexibility index (Phi) is 14.4. The molecule has 130 valence electrons. The molecule has 0 saturated heterocycles. The van der Waals surface area contributed by atoms with Gasteiger partial charge >= 0.3 is 5.97 Å². The fraction of sp³-hybridized carbons (Fsp3) is 0.833. The summed E-state index contributed by atoms with van der Waals surface area (Å²) >= 11 is 0. The van der Waals surface area contributed by atoms with E-state index in [1.54, 1.807) is 0 Å². The molecular formula is C18H34O4. The molecule has 0 fully saturated rings. The van der Waals surface area contributed by atoms with Crippen molar-refractivity contribution in [2.24, 2.45) is 0 Å².